The van der Waals surface area contributed by atoms with Crippen molar-refractivity contribution in [3.8, 4) is 0 Å². The van der Waals surface area contributed by atoms with Crippen LogP contribution in [0.15, 0.2) is 34.9 Å². The van der Waals surface area contributed by atoms with E-state index in [-0.39, 0.29) is 18.5 Å². The Bertz CT molecular complexity index is 596. The van der Waals surface area contributed by atoms with Gasteiger partial charge in [0.25, 0.3) is 0 Å². The number of halogens is 1. The highest BCUT2D eigenvalue weighted by Gasteiger charge is 2.11. The quantitative estimate of drug-likeness (QED) is 0.829. The molecule has 6 nitrogen and oxygen atoms in total. The van der Waals surface area contributed by atoms with E-state index in [1.54, 1.807) is 6.20 Å². The standard InChI is InChI=1S/C14H18BrN5O/c1-10(11-3-5-12(15)6-4-11)17-14(21)9-20-8-13(7-16-2)18-19-20/h3-6,8,10,16H,7,9H2,1-2H3,(H,17,21). The molecule has 1 aromatic carbocycles. The van der Waals surface area contributed by atoms with E-state index in [1.807, 2.05) is 38.2 Å². The van der Waals surface area contributed by atoms with E-state index in [2.05, 4.69) is 36.9 Å². The minimum Gasteiger partial charge on any atom is -0.348 e. The van der Waals surface area contributed by atoms with Crippen molar-refractivity contribution in [2.75, 3.05) is 7.05 Å². The SMILES string of the molecule is CNCc1cn(CC(=O)NC(C)c2ccc(Br)cc2)nn1. The Hall–Kier alpha value is -1.73. The average molecular weight is 352 g/mol. The van der Waals surface area contributed by atoms with Crippen LogP contribution in [0.3, 0.4) is 0 Å². The zero-order chi connectivity index (χ0) is 15.2. The van der Waals surface area contributed by atoms with Crippen molar-refractivity contribution in [3.05, 3.63) is 46.2 Å². The maximum absolute atomic E-state index is 12.0. The first kappa shape index (κ1) is 15.7. The van der Waals surface area contributed by atoms with Crippen LogP contribution in [0.4, 0.5) is 0 Å². The summed E-state index contributed by atoms with van der Waals surface area (Å²) in [4.78, 5) is 12.0. The van der Waals surface area contributed by atoms with Gasteiger partial charge in [-0.3, -0.25) is 4.79 Å². The smallest absolute Gasteiger partial charge is 0.242 e. The van der Waals surface area contributed by atoms with E-state index in [9.17, 15) is 4.79 Å². The summed E-state index contributed by atoms with van der Waals surface area (Å²) in [6.07, 6.45) is 1.76. The maximum atomic E-state index is 12.0. The van der Waals surface area contributed by atoms with Crippen LogP contribution in [0, 0.1) is 0 Å². The van der Waals surface area contributed by atoms with E-state index < -0.39 is 0 Å². The van der Waals surface area contributed by atoms with Gasteiger partial charge in [0.15, 0.2) is 0 Å². The van der Waals surface area contributed by atoms with E-state index in [1.165, 1.54) is 4.68 Å². The molecule has 0 spiro atoms. The molecule has 0 fully saturated rings. The summed E-state index contributed by atoms with van der Waals surface area (Å²) in [6.45, 7) is 2.75. The molecule has 112 valence electrons. The Morgan fingerprint density at radius 3 is 2.76 bits per heavy atom. The molecule has 0 aliphatic carbocycles. The second-order valence-electron chi connectivity index (χ2n) is 4.78. The third kappa shape index (κ3) is 4.64. The van der Waals surface area contributed by atoms with Crippen LogP contribution in [0.2, 0.25) is 0 Å². The lowest BCUT2D eigenvalue weighted by atomic mass is 10.1. The molecule has 1 unspecified atom stereocenters. The number of benzene rings is 1. The number of aromatic nitrogens is 3. The van der Waals surface area contributed by atoms with Crippen molar-refractivity contribution >= 4 is 21.8 Å². The first-order chi connectivity index (χ1) is 10.1. The second-order valence-corrected chi connectivity index (χ2v) is 5.69. The lowest BCUT2D eigenvalue weighted by Crippen LogP contribution is -2.30. The summed E-state index contributed by atoms with van der Waals surface area (Å²) in [6, 6.07) is 7.83. The number of rotatable bonds is 6. The molecule has 2 N–H and O–H groups in total. The second kappa shape index (κ2) is 7.33. The highest BCUT2D eigenvalue weighted by molar-refractivity contribution is 9.10. The van der Waals surface area contributed by atoms with Crippen molar-refractivity contribution in [1.82, 2.24) is 25.6 Å². The normalized spacial score (nSPS) is 12.1. The fourth-order valence-electron chi connectivity index (χ4n) is 1.95. The van der Waals surface area contributed by atoms with Gasteiger partial charge < -0.3 is 10.6 Å². The van der Waals surface area contributed by atoms with Gasteiger partial charge in [-0.2, -0.15) is 0 Å². The molecule has 7 heteroatoms. The van der Waals surface area contributed by atoms with Crippen molar-refractivity contribution < 1.29 is 4.79 Å². The van der Waals surface area contributed by atoms with Crippen LogP contribution in [0.25, 0.3) is 0 Å². The third-order valence-corrected chi connectivity index (χ3v) is 3.53. The van der Waals surface area contributed by atoms with Crippen LogP contribution < -0.4 is 10.6 Å². The number of hydrogen-bond acceptors (Lipinski definition) is 4. The molecule has 1 atom stereocenters. The molecule has 0 bridgehead atoms. The van der Waals surface area contributed by atoms with Gasteiger partial charge >= 0.3 is 0 Å². The molecule has 0 saturated carbocycles. The Morgan fingerprint density at radius 2 is 2.10 bits per heavy atom. The molecule has 0 aliphatic heterocycles. The van der Waals surface area contributed by atoms with Crippen molar-refractivity contribution in [1.29, 1.82) is 0 Å². The number of carbonyl (C=O) groups is 1. The number of carbonyl (C=O) groups excluding carboxylic acids is 1. The van der Waals surface area contributed by atoms with Crippen molar-refractivity contribution in [2.24, 2.45) is 0 Å². The topological polar surface area (TPSA) is 71.8 Å². The molecule has 0 saturated heterocycles. The maximum Gasteiger partial charge on any atom is 0.242 e. The monoisotopic (exact) mass is 351 g/mol. The van der Waals surface area contributed by atoms with Gasteiger partial charge in [0, 0.05) is 11.0 Å². The van der Waals surface area contributed by atoms with Crippen LogP contribution in [-0.4, -0.2) is 27.9 Å². The highest BCUT2D eigenvalue weighted by Crippen LogP contribution is 2.16. The summed E-state index contributed by atoms with van der Waals surface area (Å²) in [7, 11) is 1.84. The van der Waals surface area contributed by atoms with E-state index in [0.717, 1.165) is 15.7 Å². The van der Waals surface area contributed by atoms with Gasteiger partial charge in [-0.25, -0.2) is 4.68 Å². The van der Waals surface area contributed by atoms with E-state index in [0.29, 0.717) is 6.54 Å². The minimum absolute atomic E-state index is 0.0501. The summed E-state index contributed by atoms with van der Waals surface area (Å²) in [5, 5.41) is 13.8. The number of nitrogens with one attached hydrogen (secondary N) is 2. The Labute approximate surface area is 132 Å². The van der Waals surface area contributed by atoms with Crippen molar-refractivity contribution in [3.63, 3.8) is 0 Å². The van der Waals surface area contributed by atoms with Crippen LogP contribution in [0.5, 0.6) is 0 Å². The summed E-state index contributed by atoms with van der Waals surface area (Å²) in [5.41, 5.74) is 1.87. The van der Waals surface area contributed by atoms with Crippen LogP contribution in [-0.2, 0) is 17.9 Å². The van der Waals surface area contributed by atoms with E-state index in [4.69, 9.17) is 0 Å². The predicted octanol–water partition coefficient (Wildman–Crippen LogP) is 1.64. The van der Waals surface area contributed by atoms with Gasteiger partial charge in [0.05, 0.1) is 17.9 Å². The lowest BCUT2D eigenvalue weighted by molar-refractivity contribution is -0.122. The van der Waals surface area contributed by atoms with Crippen LogP contribution >= 0.6 is 15.9 Å². The Balaban J connectivity index is 1.89. The summed E-state index contributed by atoms with van der Waals surface area (Å²) in [5.74, 6) is -0.0914. The summed E-state index contributed by atoms with van der Waals surface area (Å²) < 4.78 is 2.56. The Morgan fingerprint density at radius 1 is 1.38 bits per heavy atom. The van der Waals surface area contributed by atoms with Gasteiger partial charge in [-0.15, -0.1) is 5.10 Å². The molecular weight excluding hydrogens is 334 g/mol. The fourth-order valence-corrected chi connectivity index (χ4v) is 2.21. The molecule has 21 heavy (non-hydrogen) atoms. The number of amides is 1. The molecule has 0 radical (unpaired) electrons. The van der Waals surface area contributed by atoms with E-state index >= 15 is 0 Å². The van der Waals surface area contributed by atoms with Gasteiger partial charge in [-0.05, 0) is 31.7 Å². The molecule has 2 aromatic rings. The average Bonchev–Trinajstić information content (AvgIpc) is 2.87. The number of hydrogen-bond donors (Lipinski definition) is 2. The zero-order valence-corrected chi connectivity index (χ0v) is 13.6. The van der Waals surface area contributed by atoms with Crippen LogP contribution in [0.1, 0.15) is 24.2 Å². The molecule has 0 aliphatic rings. The highest BCUT2D eigenvalue weighted by atomic mass is 79.9. The largest absolute Gasteiger partial charge is 0.348 e. The lowest BCUT2D eigenvalue weighted by Gasteiger charge is -2.14. The van der Waals surface area contributed by atoms with Gasteiger partial charge in [0.2, 0.25) is 5.91 Å². The minimum atomic E-state index is -0.0914. The molecule has 1 aromatic heterocycles. The number of nitrogens with zero attached hydrogens (tertiary/aromatic N) is 3. The first-order valence-corrected chi connectivity index (χ1v) is 7.46. The first-order valence-electron chi connectivity index (χ1n) is 6.67. The fraction of sp³-hybridized carbons (Fsp3) is 0.357. The predicted molar refractivity (Wildman–Crippen MR) is 83.5 cm³/mol. The third-order valence-electron chi connectivity index (χ3n) is 3.00. The van der Waals surface area contributed by atoms with Gasteiger partial charge in [0.1, 0.15) is 6.54 Å². The molecular formula is C14H18BrN5O. The van der Waals surface area contributed by atoms with Gasteiger partial charge in [-0.1, -0.05) is 33.3 Å². The Kier molecular flexibility index (Phi) is 5.46. The molecule has 2 rings (SSSR count). The molecule has 1 heterocycles. The van der Waals surface area contributed by atoms with Crippen molar-refractivity contribution in [2.45, 2.75) is 26.1 Å². The summed E-state index contributed by atoms with van der Waals surface area (Å²) >= 11 is 3.39. The molecule has 1 amide bonds. The zero-order valence-electron chi connectivity index (χ0n) is 12.0.